The normalized spacial score (nSPS) is 12.2. The molecule has 0 saturated heterocycles. The Kier molecular flexibility index (Phi) is 7.07. The molecule has 2 amide bonds. The molecule has 0 fully saturated rings. The molecule has 0 radical (unpaired) electrons. The number of nitrogens with zero attached hydrogens (tertiary/aromatic N) is 1. The number of benzene rings is 1. The van der Waals surface area contributed by atoms with Gasteiger partial charge in [0, 0.05) is 18.9 Å². The van der Waals surface area contributed by atoms with Crippen molar-refractivity contribution in [2.75, 3.05) is 11.9 Å². The van der Waals surface area contributed by atoms with Gasteiger partial charge < -0.3 is 15.4 Å². The Balaban J connectivity index is 1.78. The third-order valence-corrected chi connectivity index (χ3v) is 5.50. The number of fused-ring (bicyclic) bond motifs is 1. The third kappa shape index (κ3) is 6.39. The van der Waals surface area contributed by atoms with Gasteiger partial charge in [0.2, 0.25) is 5.91 Å². The van der Waals surface area contributed by atoms with Crippen LogP contribution in [0.5, 0.6) is 0 Å². The van der Waals surface area contributed by atoms with Gasteiger partial charge in [-0.05, 0) is 55.8 Å². The van der Waals surface area contributed by atoms with Crippen molar-refractivity contribution in [3.8, 4) is 0 Å². The Labute approximate surface area is 186 Å². The Morgan fingerprint density at radius 3 is 2.61 bits per heavy atom. The van der Waals surface area contributed by atoms with Gasteiger partial charge in [0.25, 0.3) is 0 Å². The average molecular weight is 438 g/mol. The molecule has 0 aliphatic carbocycles. The van der Waals surface area contributed by atoms with Crippen molar-refractivity contribution >= 4 is 38.4 Å². The summed E-state index contributed by atoms with van der Waals surface area (Å²) in [7, 11) is 0. The zero-order valence-corrected chi connectivity index (χ0v) is 18.8. The highest BCUT2D eigenvalue weighted by molar-refractivity contribution is 7.22. The number of anilines is 1. The molecule has 0 saturated carbocycles. The first-order valence-corrected chi connectivity index (χ1v) is 10.9. The number of allylic oxidation sites excluding steroid dienone is 1. The van der Waals surface area contributed by atoms with Crippen LogP contribution >= 0.6 is 11.3 Å². The summed E-state index contributed by atoms with van der Waals surface area (Å²) in [6, 6.07) is 11.6. The number of alkyl carbamates (subject to hydrolysis) is 1. The number of hydrogen-bond acceptors (Lipinski definition) is 5. The molecule has 0 spiro atoms. The molecule has 7 heteroatoms. The van der Waals surface area contributed by atoms with Crippen molar-refractivity contribution in [2.24, 2.45) is 0 Å². The number of pyridine rings is 1. The van der Waals surface area contributed by atoms with Crippen LogP contribution in [-0.2, 0) is 16.0 Å². The predicted molar refractivity (Wildman–Crippen MR) is 126 cm³/mol. The van der Waals surface area contributed by atoms with Crippen molar-refractivity contribution in [1.82, 2.24) is 10.3 Å². The first-order chi connectivity index (χ1) is 14.7. The van der Waals surface area contributed by atoms with Gasteiger partial charge in [-0.2, -0.15) is 0 Å². The maximum Gasteiger partial charge on any atom is 0.407 e. The van der Waals surface area contributed by atoms with Crippen molar-refractivity contribution in [3.05, 3.63) is 72.6 Å². The van der Waals surface area contributed by atoms with E-state index in [0.717, 1.165) is 32.6 Å². The molecule has 6 nitrogen and oxygen atoms in total. The summed E-state index contributed by atoms with van der Waals surface area (Å²) < 4.78 is 6.31. The van der Waals surface area contributed by atoms with Gasteiger partial charge in [-0.15, -0.1) is 17.9 Å². The highest BCUT2D eigenvalue weighted by atomic mass is 32.1. The second-order valence-electron chi connectivity index (χ2n) is 8.18. The van der Waals surface area contributed by atoms with Gasteiger partial charge >= 0.3 is 6.09 Å². The second-order valence-corrected chi connectivity index (χ2v) is 9.27. The molecule has 2 N–H and O–H groups in total. The number of aromatic nitrogens is 1. The molecular weight excluding hydrogens is 410 g/mol. The van der Waals surface area contributed by atoms with E-state index in [1.807, 2.05) is 42.5 Å². The van der Waals surface area contributed by atoms with Crippen LogP contribution in [0.3, 0.4) is 0 Å². The lowest BCUT2D eigenvalue weighted by Crippen LogP contribution is -2.37. The van der Waals surface area contributed by atoms with Crippen molar-refractivity contribution in [1.29, 1.82) is 0 Å². The van der Waals surface area contributed by atoms with E-state index in [1.54, 1.807) is 33.2 Å². The third-order valence-electron chi connectivity index (χ3n) is 4.50. The fourth-order valence-electron chi connectivity index (χ4n) is 3.07. The minimum atomic E-state index is -0.612. The van der Waals surface area contributed by atoms with Gasteiger partial charge in [0.1, 0.15) is 5.60 Å². The molecule has 31 heavy (non-hydrogen) atoms. The molecule has 1 atom stereocenters. The fraction of sp³-hybridized carbons (Fsp3) is 0.292. The number of carbonyl (C=O) groups excluding carboxylic acids is 2. The molecule has 0 bridgehead atoms. The minimum absolute atomic E-state index is 0.119. The fourth-order valence-corrected chi connectivity index (χ4v) is 4.00. The Morgan fingerprint density at radius 1 is 1.23 bits per heavy atom. The van der Waals surface area contributed by atoms with Gasteiger partial charge in [0.15, 0.2) is 0 Å². The monoisotopic (exact) mass is 437 g/mol. The van der Waals surface area contributed by atoms with Crippen molar-refractivity contribution in [3.63, 3.8) is 0 Å². The van der Waals surface area contributed by atoms with Crippen molar-refractivity contribution in [2.45, 2.75) is 38.7 Å². The van der Waals surface area contributed by atoms with Gasteiger partial charge in [-0.1, -0.05) is 30.3 Å². The largest absolute Gasteiger partial charge is 0.444 e. The highest BCUT2D eigenvalue weighted by Gasteiger charge is 2.24. The van der Waals surface area contributed by atoms with E-state index in [4.69, 9.17) is 4.74 Å². The van der Waals surface area contributed by atoms with E-state index < -0.39 is 17.6 Å². The maximum atomic E-state index is 13.2. The number of rotatable bonds is 7. The number of nitrogens with one attached hydrogen (secondary N) is 2. The van der Waals surface area contributed by atoms with Crippen LogP contribution in [0.1, 0.15) is 37.8 Å². The highest BCUT2D eigenvalue weighted by Crippen LogP contribution is 2.30. The van der Waals surface area contributed by atoms with Gasteiger partial charge in [-0.25, -0.2) is 4.79 Å². The van der Waals surface area contributed by atoms with Crippen LogP contribution in [0, 0.1) is 0 Å². The van der Waals surface area contributed by atoms with E-state index in [-0.39, 0.29) is 12.5 Å². The number of ether oxygens (including phenoxy) is 1. The number of carbonyl (C=O) groups is 2. The molecule has 3 rings (SSSR count). The quantitative estimate of drug-likeness (QED) is 0.493. The molecular formula is C24H27N3O3S. The van der Waals surface area contributed by atoms with Crippen molar-refractivity contribution < 1.29 is 14.3 Å². The number of amides is 2. The molecule has 1 unspecified atom stereocenters. The van der Waals surface area contributed by atoms with E-state index in [0.29, 0.717) is 0 Å². The Hall–Kier alpha value is -3.19. The maximum absolute atomic E-state index is 13.2. The molecule has 2 aromatic heterocycles. The summed E-state index contributed by atoms with van der Waals surface area (Å²) in [6.07, 6.45) is 5.53. The van der Waals surface area contributed by atoms with E-state index in [9.17, 15) is 9.59 Å². The summed E-state index contributed by atoms with van der Waals surface area (Å²) in [4.78, 5) is 29.4. The van der Waals surface area contributed by atoms with E-state index >= 15 is 0 Å². The van der Waals surface area contributed by atoms with E-state index in [1.165, 1.54) is 11.3 Å². The van der Waals surface area contributed by atoms with Gasteiger partial charge in [-0.3, -0.25) is 9.78 Å². The second kappa shape index (κ2) is 9.75. The zero-order valence-electron chi connectivity index (χ0n) is 18.0. The van der Waals surface area contributed by atoms with Crippen LogP contribution in [0.4, 0.5) is 9.80 Å². The number of hydrogen-bond donors (Lipinski definition) is 2. The van der Waals surface area contributed by atoms with Crippen LogP contribution in [0.15, 0.2) is 61.4 Å². The van der Waals surface area contributed by atoms with Crippen LogP contribution in [0.25, 0.3) is 10.1 Å². The summed E-state index contributed by atoms with van der Waals surface area (Å²) in [6.45, 7) is 9.27. The molecule has 162 valence electrons. The zero-order chi connectivity index (χ0) is 22.4. The first-order valence-electron chi connectivity index (χ1n) is 10.1. The number of thiophene rings is 1. The molecule has 3 aromatic rings. The Bertz CT molecular complexity index is 1030. The predicted octanol–water partition coefficient (Wildman–Crippen LogP) is 5.27. The average Bonchev–Trinajstić information content (AvgIpc) is 3.10. The summed E-state index contributed by atoms with van der Waals surface area (Å²) in [5, 5.41) is 7.47. The lowest BCUT2D eigenvalue weighted by molar-refractivity contribution is -0.117. The molecule has 2 heterocycles. The lowest BCUT2D eigenvalue weighted by Gasteiger charge is -2.22. The lowest BCUT2D eigenvalue weighted by atomic mass is 9.96. The molecule has 0 aliphatic rings. The first kappa shape index (κ1) is 22.5. The summed E-state index contributed by atoms with van der Waals surface area (Å²) >= 11 is 1.46. The Morgan fingerprint density at radius 2 is 1.97 bits per heavy atom. The van der Waals surface area contributed by atoms with Crippen LogP contribution in [-0.4, -0.2) is 29.1 Å². The smallest absolute Gasteiger partial charge is 0.407 e. The topological polar surface area (TPSA) is 80.3 Å². The SMILES string of the molecule is C=CCc1ccc(C(CNC(=O)OC(C)(C)C)C(=O)Nc2cc3ccncc3s2)cc1. The van der Waals surface area contributed by atoms with E-state index in [2.05, 4.69) is 22.2 Å². The standard InChI is InChI=1S/C24H27N3O3S/c1-5-6-16-7-9-17(10-8-16)19(14-26-23(29)30-24(2,3)4)22(28)27-21-13-18-11-12-25-15-20(18)31-21/h5,7-13,15,19H,1,6,14H2,2-4H3,(H,26,29)(H,27,28). The minimum Gasteiger partial charge on any atom is -0.444 e. The molecule has 0 aliphatic heterocycles. The van der Waals surface area contributed by atoms with Crippen LogP contribution in [0.2, 0.25) is 0 Å². The summed E-state index contributed by atoms with van der Waals surface area (Å²) in [5.41, 5.74) is 1.30. The molecule has 1 aromatic carbocycles. The van der Waals surface area contributed by atoms with Crippen LogP contribution < -0.4 is 10.6 Å². The van der Waals surface area contributed by atoms with Gasteiger partial charge in [0.05, 0.1) is 15.6 Å². The summed E-state index contributed by atoms with van der Waals surface area (Å²) in [5.74, 6) is -0.777.